The van der Waals surface area contributed by atoms with Gasteiger partial charge in [0, 0.05) is 0 Å². The Labute approximate surface area is 136 Å². The van der Waals surface area contributed by atoms with E-state index < -0.39 is 6.10 Å². The number of aryl methyl sites for hydroxylation is 1. The highest BCUT2D eigenvalue weighted by molar-refractivity contribution is 5.25. The van der Waals surface area contributed by atoms with Crippen LogP contribution in [0, 0.1) is 0 Å². The van der Waals surface area contributed by atoms with E-state index in [2.05, 4.69) is 16.7 Å². The van der Waals surface area contributed by atoms with E-state index in [0.717, 1.165) is 17.8 Å². The minimum atomic E-state index is -0.615. The van der Waals surface area contributed by atoms with Gasteiger partial charge in [0.1, 0.15) is 18.8 Å². The molecule has 0 spiro atoms. The Balaban J connectivity index is 0.00000176. The van der Waals surface area contributed by atoms with E-state index in [0.29, 0.717) is 0 Å². The van der Waals surface area contributed by atoms with Gasteiger partial charge in [0.2, 0.25) is 6.33 Å². The fourth-order valence-electron chi connectivity index (χ4n) is 2.55. The van der Waals surface area contributed by atoms with E-state index in [1.807, 2.05) is 72.7 Å². The summed E-state index contributed by atoms with van der Waals surface area (Å²) < 4.78 is 4.07. The Hall–Kier alpha value is -2.10. The summed E-state index contributed by atoms with van der Waals surface area (Å²) in [6, 6.07) is 20.0. The minimum absolute atomic E-state index is 0. The number of aliphatic hydroxyl groups excluding tert-OH is 1. The molecule has 22 heavy (non-hydrogen) atoms. The number of imidazole rings is 1. The fourth-order valence-corrected chi connectivity index (χ4v) is 2.55. The highest BCUT2D eigenvalue weighted by Crippen LogP contribution is 2.21. The second kappa shape index (κ2) is 7.25. The summed E-state index contributed by atoms with van der Waals surface area (Å²) in [6.07, 6.45) is 3.37. The third-order valence-electron chi connectivity index (χ3n) is 3.58. The molecule has 0 aliphatic heterocycles. The predicted molar refractivity (Wildman–Crippen MR) is 81.7 cm³/mol. The highest BCUT2D eigenvalue weighted by atomic mass is 35.5. The van der Waals surface area contributed by atoms with Crippen LogP contribution in [0.1, 0.15) is 22.9 Å². The molecule has 3 rings (SSSR count). The lowest BCUT2D eigenvalue weighted by Gasteiger charge is -2.09. The molecule has 0 radical (unpaired) electrons. The standard InChI is InChI=1S/C18H19N2O.ClH/c1-19-13-17(18(21)16-10-6-3-7-11-16)20(14-19)12-15-8-4-2-5-9-15;/h2-11,13-14,18,21H,12H2,1H3;1H/q+1;/p-1. The second-order valence-electron chi connectivity index (χ2n) is 5.26. The number of aromatic nitrogens is 2. The maximum atomic E-state index is 10.6. The van der Waals surface area contributed by atoms with Gasteiger partial charge in [0.15, 0.2) is 5.69 Å². The van der Waals surface area contributed by atoms with Gasteiger partial charge >= 0.3 is 0 Å². The molecule has 0 aliphatic carbocycles. The number of benzene rings is 2. The predicted octanol–water partition coefficient (Wildman–Crippen LogP) is -0.553. The number of hydrogen-bond acceptors (Lipinski definition) is 1. The lowest BCUT2D eigenvalue weighted by molar-refractivity contribution is -0.671. The van der Waals surface area contributed by atoms with Gasteiger partial charge in [-0.25, -0.2) is 9.13 Å². The van der Waals surface area contributed by atoms with E-state index in [1.165, 1.54) is 5.56 Å². The zero-order valence-corrected chi connectivity index (χ0v) is 13.2. The van der Waals surface area contributed by atoms with Crippen molar-refractivity contribution in [3.63, 3.8) is 0 Å². The molecule has 0 fully saturated rings. The van der Waals surface area contributed by atoms with Crippen LogP contribution in [0.15, 0.2) is 73.2 Å². The normalized spacial score (nSPS) is 11.7. The zero-order chi connectivity index (χ0) is 14.7. The van der Waals surface area contributed by atoms with Crippen LogP contribution in [0.2, 0.25) is 0 Å². The summed E-state index contributed by atoms with van der Waals surface area (Å²) in [5, 5.41) is 10.6. The van der Waals surface area contributed by atoms with Crippen molar-refractivity contribution in [1.82, 2.24) is 4.57 Å². The van der Waals surface area contributed by atoms with E-state index in [9.17, 15) is 5.11 Å². The Morgan fingerprint density at radius 1 is 1.00 bits per heavy atom. The van der Waals surface area contributed by atoms with E-state index in [1.54, 1.807) is 0 Å². The Morgan fingerprint density at radius 3 is 2.23 bits per heavy atom. The summed E-state index contributed by atoms with van der Waals surface area (Å²) in [7, 11) is 1.97. The molecule has 0 aliphatic rings. The molecule has 3 aromatic rings. The molecule has 1 N–H and O–H groups in total. The Morgan fingerprint density at radius 2 is 1.59 bits per heavy atom. The SMILES string of the molecule is C[n+]1cc(C(O)c2ccccc2)n(Cc2ccccc2)c1.[Cl-]. The van der Waals surface area contributed by atoms with E-state index >= 15 is 0 Å². The largest absolute Gasteiger partial charge is 1.00 e. The molecule has 1 aromatic heterocycles. The van der Waals surface area contributed by atoms with Crippen molar-refractivity contribution in [1.29, 1.82) is 0 Å². The van der Waals surface area contributed by atoms with Gasteiger partial charge in [-0.05, 0) is 11.1 Å². The Kier molecular flexibility index (Phi) is 5.36. The Bertz CT molecular complexity index is 710. The van der Waals surface area contributed by atoms with Gasteiger partial charge in [-0.1, -0.05) is 60.7 Å². The molecule has 0 bridgehead atoms. The van der Waals surface area contributed by atoms with E-state index in [-0.39, 0.29) is 12.4 Å². The highest BCUT2D eigenvalue weighted by Gasteiger charge is 2.21. The van der Waals surface area contributed by atoms with Crippen molar-refractivity contribution in [2.24, 2.45) is 7.05 Å². The van der Waals surface area contributed by atoms with Crippen molar-refractivity contribution >= 4 is 0 Å². The maximum absolute atomic E-state index is 10.6. The summed E-state index contributed by atoms with van der Waals surface area (Å²) in [4.78, 5) is 0. The number of rotatable bonds is 4. The van der Waals surface area contributed by atoms with Crippen molar-refractivity contribution < 1.29 is 22.1 Å². The first-order valence-electron chi connectivity index (χ1n) is 7.06. The molecular formula is C18H19ClN2O. The zero-order valence-electron chi connectivity index (χ0n) is 12.4. The van der Waals surface area contributed by atoms with E-state index in [4.69, 9.17) is 0 Å². The molecule has 0 saturated carbocycles. The average Bonchev–Trinajstić information content (AvgIpc) is 2.89. The topological polar surface area (TPSA) is 29.0 Å². The number of halogens is 1. The summed E-state index contributed by atoms with van der Waals surface area (Å²) in [5.41, 5.74) is 3.02. The minimum Gasteiger partial charge on any atom is -1.00 e. The van der Waals surface area contributed by atoms with Gasteiger partial charge < -0.3 is 17.5 Å². The first kappa shape index (κ1) is 16.3. The lowest BCUT2D eigenvalue weighted by atomic mass is 10.1. The van der Waals surface area contributed by atoms with Crippen LogP contribution in [0.25, 0.3) is 0 Å². The smallest absolute Gasteiger partial charge is 0.244 e. The van der Waals surface area contributed by atoms with Gasteiger partial charge in [-0.3, -0.25) is 0 Å². The van der Waals surface area contributed by atoms with Crippen molar-refractivity contribution in [3.8, 4) is 0 Å². The van der Waals surface area contributed by atoms with Gasteiger partial charge in [-0.2, -0.15) is 0 Å². The molecule has 1 unspecified atom stereocenters. The maximum Gasteiger partial charge on any atom is 0.244 e. The quantitative estimate of drug-likeness (QED) is 0.643. The van der Waals surface area contributed by atoms with Crippen LogP contribution in [0.5, 0.6) is 0 Å². The van der Waals surface area contributed by atoms with Crippen LogP contribution < -0.4 is 17.0 Å². The molecule has 114 valence electrons. The third-order valence-corrected chi connectivity index (χ3v) is 3.58. The monoisotopic (exact) mass is 314 g/mol. The number of nitrogens with zero attached hydrogens (tertiary/aromatic N) is 2. The van der Waals surface area contributed by atoms with Crippen molar-refractivity contribution in [3.05, 3.63) is 90.0 Å². The van der Waals surface area contributed by atoms with Crippen LogP contribution >= 0.6 is 0 Å². The molecule has 1 heterocycles. The second-order valence-corrected chi connectivity index (χ2v) is 5.26. The van der Waals surface area contributed by atoms with Crippen molar-refractivity contribution in [2.45, 2.75) is 12.6 Å². The molecule has 4 heteroatoms. The molecule has 0 amide bonds. The summed E-state index contributed by atoms with van der Waals surface area (Å²) >= 11 is 0. The van der Waals surface area contributed by atoms with Gasteiger partial charge in [0.25, 0.3) is 0 Å². The molecule has 0 saturated heterocycles. The number of hydrogen-bond donors (Lipinski definition) is 1. The fraction of sp³-hybridized carbons (Fsp3) is 0.167. The van der Waals surface area contributed by atoms with Crippen LogP contribution in [-0.2, 0) is 13.6 Å². The first-order valence-corrected chi connectivity index (χ1v) is 7.06. The first-order chi connectivity index (χ1) is 10.2. The van der Waals surface area contributed by atoms with Gasteiger partial charge in [-0.15, -0.1) is 0 Å². The number of aliphatic hydroxyl groups is 1. The van der Waals surface area contributed by atoms with Gasteiger partial charge in [0.05, 0.1) is 7.05 Å². The third kappa shape index (κ3) is 3.56. The van der Waals surface area contributed by atoms with Crippen LogP contribution in [0.4, 0.5) is 0 Å². The molecule has 1 atom stereocenters. The average molecular weight is 315 g/mol. The lowest BCUT2D eigenvalue weighted by Crippen LogP contribution is -3.00. The molecule has 3 nitrogen and oxygen atoms in total. The molecule has 2 aromatic carbocycles. The van der Waals surface area contributed by atoms with Crippen LogP contribution in [-0.4, -0.2) is 9.67 Å². The van der Waals surface area contributed by atoms with Crippen LogP contribution in [0.3, 0.4) is 0 Å². The summed E-state index contributed by atoms with van der Waals surface area (Å²) in [6.45, 7) is 0.751. The molecular weight excluding hydrogens is 296 g/mol. The van der Waals surface area contributed by atoms with Crippen molar-refractivity contribution in [2.75, 3.05) is 0 Å². The summed E-state index contributed by atoms with van der Waals surface area (Å²) in [5.74, 6) is 0.